The number of Topliss-reactive ketones (excluding diaryl/α,β-unsaturated/α-hetero) is 1. The van der Waals surface area contributed by atoms with Gasteiger partial charge in [0.15, 0.2) is 0 Å². The maximum absolute atomic E-state index is 10.5. The van der Waals surface area contributed by atoms with E-state index in [0.29, 0.717) is 25.9 Å². The summed E-state index contributed by atoms with van der Waals surface area (Å²) in [6, 6.07) is 0. The van der Waals surface area contributed by atoms with Gasteiger partial charge in [-0.3, -0.25) is 9.59 Å². The maximum atomic E-state index is 10.5. The van der Waals surface area contributed by atoms with Gasteiger partial charge < -0.3 is 4.84 Å². The van der Waals surface area contributed by atoms with Crippen molar-refractivity contribution in [2.24, 2.45) is 0 Å². The van der Waals surface area contributed by atoms with Crippen LogP contribution in [-0.2, 0) is 14.4 Å². The SMILES string of the molecule is CC(=O)CCN1CCC(=O)O1. The lowest BCUT2D eigenvalue weighted by Crippen LogP contribution is -2.21. The molecule has 1 heterocycles. The Morgan fingerprint density at radius 3 is 2.91 bits per heavy atom. The molecule has 11 heavy (non-hydrogen) atoms. The average Bonchev–Trinajstić information content (AvgIpc) is 2.31. The average molecular weight is 157 g/mol. The minimum atomic E-state index is -0.200. The molecule has 0 aromatic heterocycles. The van der Waals surface area contributed by atoms with Crippen molar-refractivity contribution in [3.63, 3.8) is 0 Å². The molecule has 0 bridgehead atoms. The third-order valence-corrected chi connectivity index (χ3v) is 1.51. The maximum Gasteiger partial charge on any atom is 0.326 e. The van der Waals surface area contributed by atoms with E-state index in [1.807, 2.05) is 0 Å². The van der Waals surface area contributed by atoms with Gasteiger partial charge in [-0.25, -0.2) is 0 Å². The third-order valence-electron chi connectivity index (χ3n) is 1.51. The van der Waals surface area contributed by atoms with Gasteiger partial charge in [-0.15, -0.1) is 5.06 Å². The molecule has 62 valence electrons. The quantitative estimate of drug-likeness (QED) is 0.584. The van der Waals surface area contributed by atoms with E-state index in [1.54, 1.807) is 0 Å². The van der Waals surface area contributed by atoms with Gasteiger partial charge in [0.1, 0.15) is 5.78 Å². The molecule has 1 fully saturated rings. The molecule has 1 aliphatic heterocycles. The standard InChI is InChI=1S/C7H11NO3/c1-6(9)2-4-8-5-3-7(10)11-8/h2-5H2,1H3. The summed E-state index contributed by atoms with van der Waals surface area (Å²) in [6.45, 7) is 2.67. The first-order valence-corrected chi connectivity index (χ1v) is 3.63. The first-order valence-electron chi connectivity index (χ1n) is 3.63. The molecule has 0 unspecified atom stereocenters. The van der Waals surface area contributed by atoms with E-state index in [1.165, 1.54) is 12.0 Å². The monoisotopic (exact) mass is 157 g/mol. The van der Waals surface area contributed by atoms with Gasteiger partial charge in [0.05, 0.1) is 6.42 Å². The van der Waals surface area contributed by atoms with Crippen LogP contribution < -0.4 is 0 Å². The van der Waals surface area contributed by atoms with E-state index in [9.17, 15) is 9.59 Å². The summed E-state index contributed by atoms with van der Waals surface area (Å²) in [4.78, 5) is 25.8. The van der Waals surface area contributed by atoms with Crippen LogP contribution >= 0.6 is 0 Å². The Balaban J connectivity index is 2.18. The lowest BCUT2D eigenvalue weighted by atomic mass is 10.3. The van der Waals surface area contributed by atoms with Crippen LogP contribution in [0.25, 0.3) is 0 Å². The van der Waals surface area contributed by atoms with Crippen LogP contribution in [0.5, 0.6) is 0 Å². The van der Waals surface area contributed by atoms with Gasteiger partial charge in [0.25, 0.3) is 0 Å². The highest BCUT2D eigenvalue weighted by atomic mass is 16.7. The molecule has 0 radical (unpaired) electrons. The number of rotatable bonds is 3. The van der Waals surface area contributed by atoms with Gasteiger partial charge in [0, 0.05) is 19.5 Å². The molecule has 0 N–H and O–H groups in total. The smallest absolute Gasteiger partial charge is 0.326 e. The van der Waals surface area contributed by atoms with Gasteiger partial charge in [-0.1, -0.05) is 0 Å². The minimum absolute atomic E-state index is 0.118. The van der Waals surface area contributed by atoms with Gasteiger partial charge in [-0.2, -0.15) is 0 Å². The van der Waals surface area contributed by atoms with Crippen LogP contribution in [-0.4, -0.2) is 29.9 Å². The molecule has 0 atom stereocenters. The summed E-state index contributed by atoms with van der Waals surface area (Å²) in [5.41, 5.74) is 0. The van der Waals surface area contributed by atoms with Crippen molar-refractivity contribution in [2.45, 2.75) is 19.8 Å². The molecule has 0 spiro atoms. The van der Waals surface area contributed by atoms with Crippen molar-refractivity contribution in [2.75, 3.05) is 13.1 Å². The Kier molecular flexibility index (Phi) is 2.59. The summed E-state index contributed by atoms with van der Waals surface area (Å²) in [5, 5.41) is 1.53. The van der Waals surface area contributed by atoms with E-state index in [2.05, 4.69) is 0 Å². The fraction of sp³-hybridized carbons (Fsp3) is 0.714. The Bertz CT molecular complexity index is 179. The van der Waals surface area contributed by atoms with E-state index < -0.39 is 0 Å². The fourth-order valence-corrected chi connectivity index (χ4v) is 0.891. The Hall–Kier alpha value is -0.900. The number of nitrogens with zero attached hydrogens (tertiary/aromatic N) is 1. The van der Waals surface area contributed by atoms with E-state index in [0.717, 1.165) is 0 Å². The van der Waals surface area contributed by atoms with Crippen LogP contribution in [0.15, 0.2) is 0 Å². The lowest BCUT2D eigenvalue weighted by molar-refractivity contribution is -0.170. The Morgan fingerprint density at radius 2 is 2.45 bits per heavy atom. The highest BCUT2D eigenvalue weighted by Crippen LogP contribution is 2.06. The van der Waals surface area contributed by atoms with E-state index in [-0.39, 0.29) is 11.8 Å². The number of ketones is 1. The minimum Gasteiger partial charge on any atom is -0.368 e. The van der Waals surface area contributed by atoms with Crippen LogP contribution in [0.3, 0.4) is 0 Å². The molecule has 1 aliphatic rings. The number of hydrogen-bond acceptors (Lipinski definition) is 4. The second-order valence-corrected chi connectivity index (χ2v) is 2.59. The summed E-state index contributed by atoms with van der Waals surface area (Å²) >= 11 is 0. The van der Waals surface area contributed by atoms with Crippen molar-refractivity contribution < 1.29 is 14.4 Å². The number of carbonyl (C=O) groups excluding carboxylic acids is 2. The largest absolute Gasteiger partial charge is 0.368 e. The highest BCUT2D eigenvalue weighted by molar-refractivity contribution is 5.75. The second-order valence-electron chi connectivity index (χ2n) is 2.59. The summed E-state index contributed by atoms with van der Waals surface area (Å²) in [6.07, 6.45) is 0.894. The molecule has 1 rings (SSSR count). The van der Waals surface area contributed by atoms with Gasteiger partial charge in [0.2, 0.25) is 0 Å². The summed E-state index contributed by atoms with van der Waals surface area (Å²) in [5.74, 6) is -0.0819. The van der Waals surface area contributed by atoms with E-state index >= 15 is 0 Å². The third kappa shape index (κ3) is 2.67. The Morgan fingerprint density at radius 1 is 1.73 bits per heavy atom. The zero-order chi connectivity index (χ0) is 8.27. The van der Waals surface area contributed by atoms with Crippen molar-refractivity contribution in [1.29, 1.82) is 0 Å². The zero-order valence-electron chi connectivity index (χ0n) is 6.50. The number of hydrogen-bond donors (Lipinski definition) is 0. The van der Waals surface area contributed by atoms with Gasteiger partial charge in [-0.05, 0) is 6.92 Å². The van der Waals surface area contributed by atoms with Crippen LogP contribution in [0.1, 0.15) is 19.8 Å². The van der Waals surface area contributed by atoms with Crippen LogP contribution in [0.2, 0.25) is 0 Å². The second kappa shape index (κ2) is 3.48. The predicted molar refractivity (Wildman–Crippen MR) is 37.6 cm³/mol. The molecular formula is C7H11NO3. The van der Waals surface area contributed by atoms with Crippen molar-refractivity contribution in [1.82, 2.24) is 5.06 Å². The van der Waals surface area contributed by atoms with Crippen molar-refractivity contribution in [3.05, 3.63) is 0 Å². The first-order chi connectivity index (χ1) is 5.18. The van der Waals surface area contributed by atoms with E-state index in [4.69, 9.17) is 4.84 Å². The fourth-order valence-electron chi connectivity index (χ4n) is 0.891. The molecule has 0 aliphatic carbocycles. The summed E-state index contributed by atoms with van der Waals surface area (Å²) in [7, 11) is 0. The first kappa shape index (κ1) is 8.20. The molecule has 1 saturated heterocycles. The van der Waals surface area contributed by atoms with Crippen molar-refractivity contribution in [3.8, 4) is 0 Å². The number of carbonyl (C=O) groups is 2. The van der Waals surface area contributed by atoms with Crippen LogP contribution in [0, 0.1) is 0 Å². The van der Waals surface area contributed by atoms with Crippen LogP contribution in [0.4, 0.5) is 0 Å². The topological polar surface area (TPSA) is 46.6 Å². The molecule has 4 heteroatoms. The molecule has 0 aromatic carbocycles. The molecule has 4 nitrogen and oxygen atoms in total. The highest BCUT2D eigenvalue weighted by Gasteiger charge is 2.20. The summed E-state index contributed by atoms with van der Waals surface area (Å²) < 4.78 is 0. The lowest BCUT2D eigenvalue weighted by Gasteiger charge is -2.10. The Labute approximate surface area is 65.1 Å². The van der Waals surface area contributed by atoms with Crippen molar-refractivity contribution >= 4 is 11.8 Å². The molecular weight excluding hydrogens is 146 g/mol. The van der Waals surface area contributed by atoms with Gasteiger partial charge >= 0.3 is 5.97 Å². The molecule has 0 saturated carbocycles. The normalized spacial score (nSPS) is 18.5. The number of hydroxylamine groups is 2. The zero-order valence-corrected chi connectivity index (χ0v) is 6.50. The predicted octanol–water partition coefficient (Wildman–Crippen LogP) is 0.129. The molecule has 0 amide bonds. The molecule has 0 aromatic rings.